The van der Waals surface area contributed by atoms with E-state index in [2.05, 4.69) is 15.3 Å². The van der Waals surface area contributed by atoms with Crippen molar-refractivity contribution in [2.24, 2.45) is 0 Å². The van der Waals surface area contributed by atoms with E-state index in [1.807, 2.05) is 0 Å². The Morgan fingerprint density at radius 2 is 2.03 bits per heavy atom. The minimum atomic E-state index is -0.489. The van der Waals surface area contributed by atoms with Crippen molar-refractivity contribution in [3.63, 3.8) is 0 Å². The van der Waals surface area contributed by atoms with Crippen LogP contribution in [0.1, 0.15) is 5.56 Å². The van der Waals surface area contributed by atoms with Crippen molar-refractivity contribution in [2.45, 2.75) is 0 Å². The fourth-order valence-corrected chi connectivity index (χ4v) is 3.51. The van der Waals surface area contributed by atoms with E-state index < -0.39 is 5.82 Å². The molecule has 1 N–H and O–H groups in total. The number of rotatable bonds is 5. The molecule has 0 aliphatic carbocycles. The first kappa shape index (κ1) is 20.8. The van der Waals surface area contributed by atoms with Gasteiger partial charge < -0.3 is 14.5 Å². The van der Waals surface area contributed by atoms with Gasteiger partial charge in [0, 0.05) is 28.5 Å². The van der Waals surface area contributed by atoms with E-state index >= 15 is 0 Å². The van der Waals surface area contributed by atoms with Gasteiger partial charge in [-0.2, -0.15) is 0 Å². The number of anilines is 1. The molecule has 0 fully saturated rings. The molecular weight excluding hydrogens is 444 g/mol. The van der Waals surface area contributed by atoms with Gasteiger partial charge in [0.05, 0.1) is 23.9 Å². The summed E-state index contributed by atoms with van der Waals surface area (Å²) in [4.78, 5) is 20.5. The zero-order valence-electron chi connectivity index (χ0n) is 16.0. The van der Waals surface area contributed by atoms with Crippen LogP contribution in [0, 0.1) is 5.82 Å². The number of fused-ring (bicyclic) bond motifs is 1. The Morgan fingerprint density at radius 3 is 2.81 bits per heavy atom. The zero-order valence-corrected chi connectivity index (χ0v) is 17.5. The fraction of sp³-hybridized carbons (Fsp3) is 0.0455. The maximum atomic E-state index is 13.4. The molecule has 0 atom stereocenters. The molecular formula is C22H14Cl2FN3O3. The average Bonchev–Trinajstić information content (AvgIpc) is 3.15. The van der Waals surface area contributed by atoms with Crippen molar-refractivity contribution in [3.05, 3.63) is 76.3 Å². The highest BCUT2D eigenvalue weighted by Gasteiger charge is 2.11. The number of oxazole rings is 1. The first-order chi connectivity index (χ1) is 14.9. The molecule has 31 heavy (non-hydrogen) atoms. The first-order valence-corrected chi connectivity index (χ1v) is 9.72. The number of halogens is 3. The molecule has 9 heteroatoms. The molecule has 4 aromatic rings. The van der Waals surface area contributed by atoms with Crippen LogP contribution in [0.2, 0.25) is 10.0 Å². The molecule has 0 unspecified atom stereocenters. The molecule has 2 aromatic carbocycles. The van der Waals surface area contributed by atoms with Gasteiger partial charge in [-0.15, -0.1) is 0 Å². The highest BCUT2D eigenvalue weighted by molar-refractivity contribution is 6.36. The number of nitrogens with zero attached hydrogens (tertiary/aromatic N) is 2. The van der Waals surface area contributed by atoms with E-state index in [1.165, 1.54) is 25.4 Å². The number of methoxy groups -OCH3 is 1. The molecule has 0 radical (unpaired) electrons. The smallest absolute Gasteiger partial charge is 0.248 e. The third-order valence-electron chi connectivity index (χ3n) is 4.26. The van der Waals surface area contributed by atoms with Crippen LogP contribution in [0.5, 0.6) is 5.75 Å². The topological polar surface area (TPSA) is 77.2 Å². The number of pyridine rings is 1. The molecule has 2 aromatic heterocycles. The fourth-order valence-electron chi connectivity index (χ4n) is 2.93. The highest BCUT2D eigenvalue weighted by Crippen LogP contribution is 2.33. The quantitative estimate of drug-likeness (QED) is 0.372. The Labute approximate surface area is 186 Å². The van der Waals surface area contributed by atoms with Gasteiger partial charge in [-0.05, 0) is 42.5 Å². The van der Waals surface area contributed by atoms with Gasteiger partial charge in [-0.3, -0.25) is 9.78 Å². The molecule has 0 saturated carbocycles. The Morgan fingerprint density at radius 1 is 1.19 bits per heavy atom. The summed E-state index contributed by atoms with van der Waals surface area (Å²) < 4.78 is 24.3. The lowest BCUT2D eigenvalue weighted by Gasteiger charge is -2.08. The lowest BCUT2D eigenvalue weighted by atomic mass is 10.2. The van der Waals surface area contributed by atoms with Gasteiger partial charge in [0.1, 0.15) is 17.1 Å². The number of benzene rings is 2. The van der Waals surface area contributed by atoms with Gasteiger partial charge in [0.2, 0.25) is 11.8 Å². The third kappa shape index (κ3) is 4.68. The van der Waals surface area contributed by atoms with Gasteiger partial charge in [0.25, 0.3) is 0 Å². The second-order valence-corrected chi connectivity index (χ2v) is 7.27. The van der Waals surface area contributed by atoms with Crippen LogP contribution in [-0.4, -0.2) is 23.0 Å². The van der Waals surface area contributed by atoms with Crippen molar-refractivity contribution < 1.29 is 18.3 Å². The number of aromatic nitrogens is 2. The SMILES string of the molecule is COc1c(Cl)cc(Cl)cc1/C=C/C(=O)Nc1ccc2oc(-c3cncc(F)c3)nc2c1. The number of carbonyl (C=O) groups excluding carboxylic acids is 1. The predicted octanol–water partition coefficient (Wildman–Crippen LogP) is 6.00. The number of amides is 1. The Bertz CT molecular complexity index is 1320. The van der Waals surface area contributed by atoms with E-state index in [9.17, 15) is 9.18 Å². The van der Waals surface area contributed by atoms with E-state index in [0.29, 0.717) is 43.7 Å². The maximum absolute atomic E-state index is 13.4. The number of hydrogen-bond donors (Lipinski definition) is 1. The lowest BCUT2D eigenvalue weighted by molar-refractivity contribution is -0.111. The van der Waals surface area contributed by atoms with Crippen LogP contribution in [-0.2, 0) is 4.79 Å². The predicted molar refractivity (Wildman–Crippen MR) is 118 cm³/mol. The van der Waals surface area contributed by atoms with Crippen molar-refractivity contribution in [1.29, 1.82) is 0 Å². The molecule has 4 rings (SSSR count). The lowest BCUT2D eigenvalue weighted by Crippen LogP contribution is -2.07. The molecule has 0 aliphatic rings. The zero-order chi connectivity index (χ0) is 22.0. The van der Waals surface area contributed by atoms with Crippen molar-refractivity contribution in [2.75, 3.05) is 12.4 Å². The molecule has 156 valence electrons. The first-order valence-electron chi connectivity index (χ1n) is 8.96. The standard InChI is InChI=1S/C22H14Cl2FN3O3/c1-30-21-12(6-14(23)8-17(21)24)2-5-20(29)27-16-3-4-19-18(9-16)28-22(31-19)13-7-15(25)11-26-10-13/h2-11H,1H3,(H,27,29)/b5-2+. The summed E-state index contributed by atoms with van der Waals surface area (Å²) in [7, 11) is 1.48. The van der Waals surface area contributed by atoms with Crippen molar-refractivity contribution >= 4 is 52.0 Å². The van der Waals surface area contributed by atoms with Crippen LogP contribution < -0.4 is 10.1 Å². The molecule has 0 saturated heterocycles. The van der Waals surface area contributed by atoms with Crippen LogP contribution in [0.15, 0.2) is 59.3 Å². The van der Waals surface area contributed by atoms with Crippen molar-refractivity contribution in [1.82, 2.24) is 9.97 Å². The molecule has 2 heterocycles. The van der Waals surface area contributed by atoms with Gasteiger partial charge in [-0.1, -0.05) is 23.2 Å². The molecule has 6 nitrogen and oxygen atoms in total. The van der Waals surface area contributed by atoms with Gasteiger partial charge in [0.15, 0.2) is 5.58 Å². The highest BCUT2D eigenvalue weighted by atomic mass is 35.5. The largest absolute Gasteiger partial charge is 0.495 e. The summed E-state index contributed by atoms with van der Waals surface area (Å²) in [5, 5.41) is 3.51. The monoisotopic (exact) mass is 457 g/mol. The maximum Gasteiger partial charge on any atom is 0.248 e. The summed E-state index contributed by atoms with van der Waals surface area (Å²) in [5.41, 5.74) is 2.49. The summed E-state index contributed by atoms with van der Waals surface area (Å²) in [6, 6.07) is 9.46. The minimum Gasteiger partial charge on any atom is -0.495 e. The minimum absolute atomic E-state index is 0.232. The molecule has 0 bridgehead atoms. The number of carbonyl (C=O) groups is 1. The number of nitrogens with one attached hydrogen (secondary N) is 1. The summed E-state index contributed by atoms with van der Waals surface area (Å²) in [5.74, 6) is -0.221. The van der Waals surface area contributed by atoms with Crippen LogP contribution in [0.25, 0.3) is 28.6 Å². The second-order valence-electron chi connectivity index (χ2n) is 6.43. The molecule has 0 spiro atoms. The summed E-state index contributed by atoms with van der Waals surface area (Å²) in [6.07, 6.45) is 5.44. The summed E-state index contributed by atoms with van der Waals surface area (Å²) >= 11 is 12.1. The molecule has 1 amide bonds. The normalized spacial score (nSPS) is 11.2. The second kappa shape index (κ2) is 8.75. The van der Waals surface area contributed by atoms with Gasteiger partial charge >= 0.3 is 0 Å². The van der Waals surface area contributed by atoms with E-state index in [0.717, 1.165) is 6.20 Å². The Kier molecular flexibility index (Phi) is 5.88. The van der Waals surface area contributed by atoms with E-state index in [-0.39, 0.29) is 11.8 Å². The molecule has 0 aliphatic heterocycles. The van der Waals surface area contributed by atoms with Crippen LogP contribution in [0.4, 0.5) is 10.1 Å². The van der Waals surface area contributed by atoms with E-state index in [4.69, 9.17) is 32.4 Å². The van der Waals surface area contributed by atoms with Crippen molar-refractivity contribution in [3.8, 4) is 17.2 Å². The summed E-state index contributed by atoms with van der Waals surface area (Å²) in [6.45, 7) is 0. The third-order valence-corrected chi connectivity index (χ3v) is 4.76. The van der Waals surface area contributed by atoms with Crippen LogP contribution >= 0.6 is 23.2 Å². The number of ether oxygens (including phenoxy) is 1. The Hall–Kier alpha value is -3.42. The number of hydrogen-bond acceptors (Lipinski definition) is 5. The van der Waals surface area contributed by atoms with Gasteiger partial charge in [-0.25, -0.2) is 9.37 Å². The Balaban J connectivity index is 1.53. The average molecular weight is 458 g/mol. The van der Waals surface area contributed by atoms with Crippen LogP contribution in [0.3, 0.4) is 0 Å². The van der Waals surface area contributed by atoms with E-state index in [1.54, 1.807) is 36.4 Å².